The van der Waals surface area contributed by atoms with Crippen LogP contribution in [0.25, 0.3) is 0 Å². The topological polar surface area (TPSA) is 18.5 Å². The van der Waals surface area contributed by atoms with E-state index in [2.05, 4.69) is 11.8 Å². The molecule has 0 aliphatic heterocycles. The summed E-state index contributed by atoms with van der Waals surface area (Å²) in [5.41, 5.74) is 0. The zero-order valence-electron chi connectivity index (χ0n) is 6.67. The Bertz CT molecular complexity index is 143. The number of ether oxygens (including phenoxy) is 2. The largest absolute Gasteiger partial charge is 0.340 e. The molecule has 2 nitrogen and oxygen atoms in total. The fraction of sp³-hybridized carbons (Fsp3) is 0.556. The minimum atomic E-state index is -0.262. The lowest BCUT2D eigenvalue weighted by molar-refractivity contribution is -0.124. The van der Waals surface area contributed by atoms with Gasteiger partial charge in [-0.3, -0.25) is 0 Å². The smallest absolute Gasteiger partial charge is 0.159 e. The Balaban J connectivity index is 3.44. The standard InChI is InChI=1S/C9H12O2/c1-4-7-10-9(6-3)11-8-5-2/h1-2,9H,6-8H2,3H3. The quantitative estimate of drug-likeness (QED) is 0.432. The predicted octanol–water partition coefficient (Wildman–Crippen LogP) is 1.02. The average molecular weight is 152 g/mol. The van der Waals surface area contributed by atoms with Gasteiger partial charge in [0.2, 0.25) is 0 Å². The van der Waals surface area contributed by atoms with Gasteiger partial charge in [0.05, 0.1) is 0 Å². The summed E-state index contributed by atoms with van der Waals surface area (Å²) in [6.45, 7) is 2.48. The van der Waals surface area contributed by atoms with Crippen molar-refractivity contribution in [2.75, 3.05) is 13.2 Å². The first-order valence-electron chi connectivity index (χ1n) is 3.45. The molecule has 0 aromatic rings. The van der Waals surface area contributed by atoms with Gasteiger partial charge in [0.25, 0.3) is 0 Å². The maximum Gasteiger partial charge on any atom is 0.159 e. The first kappa shape index (κ1) is 10.0. The molecule has 0 aliphatic carbocycles. The summed E-state index contributed by atoms with van der Waals surface area (Å²) in [7, 11) is 0. The van der Waals surface area contributed by atoms with Gasteiger partial charge >= 0.3 is 0 Å². The fourth-order valence-electron chi connectivity index (χ4n) is 0.566. The summed E-state index contributed by atoms with van der Waals surface area (Å²) in [5.74, 6) is 4.71. The second-order valence-electron chi connectivity index (χ2n) is 1.87. The van der Waals surface area contributed by atoms with Crippen molar-refractivity contribution >= 4 is 0 Å². The minimum absolute atomic E-state index is 0.262. The van der Waals surface area contributed by atoms with E-state index in [9.17, 15) is 0 Å². The van der Waals surface area contributed by atoms with E-state index in [4.69, 9.17) is 22.3 Å². The van der Waals surface area contributed by atoms with E-state index >= 15 is 0 Å². The molecule has 0 saturated heterocycles. The summed E-state index contributed by atoms with van der Waals surface area (Å²) in [5, 5.41) is 0. The van der Waals surface area contributed by atoms with Crippen LogP contribution < -0.4 is 0 Å². The van der Waals surface area contributed by atoms with E-state index in [1.165, 1.54) is 0 Å². The summed E-state index contributed by atoms with van der Waals surface area (Å²) in [4.78, 5) is 0. The first-order chi connectivity index (χ1) is 5.35. The zero-order valence-corrected chi connectivity index (χ0v) is 6.67. The molecule has 11 heavy (non-hydrogen) atoms. The van der Waals surface area contributed by atoms with E-state index in [0.29, 0.717) is 0 Å². The van der Waals surface area contributed by atoms with Gasteiger partial charge < -0.3 is 9.47 Å². The molecule has 0 spiro atoms. The highest BCUT2D eigenvalue weighted by molar-refractivity contribution is 4.84. The number of rotatable bonds is 5. The minimum Gasteiger partial charge on any atom is -0.340 e. The summed E-state index contributed by atoms with van der Waals surface area (Å²) in [6, 6.07) is 0. The lowest BCUT2D eigenvalue weighted by Gasteiger charge is -2.12. The maximum absolute atomic E-state index is 5.09. The van der Waals surface area contributed by atoms with E-state index in [1.54, 1.807) is 0 Å². The average Bonchev–Trinajstić information content (AvgIpc) is 2.05. The molecule has 0 N–H and O–H groups in total. The molecule has 0 saturated carbocycles. The highest BCUT2D eigenvalue weighted by atomic mass is 16.7. The van der Waals surface area contributed by atoms with Crippen molar-refractivity contribution in [3.63, 3.8) is 0 Å². The van der Waals surface area contributed by atoms with Crippen molar-refractivity contribution in [3.05, 3.63) is 0 Å². The third-order valence-corrected chi connectivity index (χ3v) is 1.04. The van der Waals surface area contributed by atoms with Gasteiger partial charge in [0.1, 0.15) is 13.2 Å². The van der Waals surface area contributed by atoms with Crippen molar-refractivity contribution in [3.8, 4) is 24.7 Å². The molecule has 0 bridgehead atoms. The molecule has 0 heterocycles. The molecule has 0 amide bonds. The Hall–Kier alpha value is -0.960. The van der Waals surface area contributed by atoms with Crippen molar-refractivity contribution in [2.45, 2.75) is 19.6 Å². The van der Waals surface area contributed by atoms with Gasteiger partial charge in [-0.25, -0.2) is 0 Å². The highest BCUT2D eigenvalue weighted by Crippen LogP contribution is 1.98. The number of hydrogen-bond acceptors (Lipinski definition) is 2. The Morgan fingerprint density at radius 1 is 1.18 bits per heavy atom. The van der Waals surface area contributed by atoms with Crippen molar-refractivity contribution in [2.24, 2.45) is 0 Å². The van der Waals surface area contributed by atoms with E-state index < -0.39 is 0 Å². The van der Waals surface area contributed by atoms with Crippen LogP contribution in [0.5, 0.6) is 0 Å². The van der Waals surface area contributed by atoms with E-state index in [0.717, 1.165) is 6.42 Å². The van der Waals surface area contributed by atoms with Crippen LogP contribution in [-0.4, -0.2) is 19.5 Å². The fourth-order valence-corrected chi connectivity index (χ4v) is 0.566. The number of hydrogen-bond donors (Lipinski definition) is 0. The molecule has 0 fully saturated rings. The Morgan fingerprint density at radius 2 is 1.64 bits per heavy atom. The maximum atomic E-state index is 5.09. The van der Waals surface area contributed by atoms with Gasteiger partial charge in [-0.1, -0.05) is 18.8 Å². The third-order valence-electron chi connectivity index (χ3n) is 1.04. The zero-order chi connectivity index (χ0) is 8.53. The second kappa shape index (κ2) is 7.15. The van der Waals surface area contributed by atoms with Crippen LogP contribution in [-0.2, 0) is 9.47 Å². The molecular weight excluding hydrogens is 140 g/mol. The Labute approximate surface area is 67.9 Å². The van der Waals surface area contributed by atoms with E-state index in [-0.39, 0.29) is 19.5 Å². The Morgan fingerprint density at radius 3 is 1.91 bits per heavy atom. The molecule has 0 aliphatic rings. The van der Waals surface area contributed by atoms with Crippen LogP contribution in [0, 0.1) is 24.7 Å². The van der Waals surface area contributed by atoms with Crippen LogP contribution >= 0.6 is 0 Å². The number of terminal acetylenes is 2. The molecule has 0 aromatic heterocycles. The van der Waals surface area contributed by atoms with Gasteiger partial charge in [-0.15, -0.1) is 12.8 Å². The van der Waals surface area contributed by atoms with E-state index in [1.807, 2.05) is 6.92 Å². The SMILES string of the molecule is C#CCOC(CC)OCC#C. The molecule has 0 radical (unpaired) electrons. The van der Waals surface area contributed by atoms with Gasteiger partial charge in [0.15, 0.2) is 6.29 Å². The lowest BCUT2D eigenvalue weighted by Crippen LogP contribution is -2.16. The van der Waals surface area contributed by atoms with Gasteiger partial charge in [-0.05, 0) is 6.42 Å². The molecule has 2 heteroatoms. The molecule has 0 aromatic carbocycles. The van der Waals surface area contributed by atoms with Crippen molar-refractivity contribution < 1.29 is 9.47 Å². The van der Waals surface area contributed by atoms with Crippen molar-refractivity contribution in [1.82, 2.24) is 0 Å². The summed E-state index contributed by atoms with van der Waals surface area (Å²) < 4.78 is 10.2. The van der Waals surface area contributed by atoms with Crippen LogP contribution in [0.4, 0.5) is 0 Å². The second-order valence-corrected chi connectivity index (χ2v) is 1.87. The van der Waals surface area contributed by atoms with Crippen LogP contribution in [0.2, 0.25) is 0 Å². The lowest BCUT2D eigenvalue weighted by atomic mass is 10.5. The van der Waals surface area contributed by atoms with Crippen LogP contribution in [0.3, 0.4) is 0 Å². The normalized spacial score (nSPS) is 9.09. The van der Waals surface area contributed by atoms with Gasteiger partial charge in [0, 0.05) is 0 Å². The predicted molar refractivity (Wildman–Crippen MR) is 43.6 cm³/mol. The molecule has 0 rings (SSSR count). The van der Waals surface area contributed by atoms with Crippen molar-refractivity contribution in [1.29, 1.82) is 0 Å². The third kappa shape index (κ3) is 5.48. The summed E-state index contributed by atoms with van der Waals surface area (Å²) >= 11 is 0. The summed E-state index contributed by atoms with van der Waals surface area (Å²) in [6.07, 6.45) is 10.5. The van der Waals surface area contributed by atoms with Crippen LogP contribution in [0.15, 0.2) is 0 Å². The Kier molecular flexibility index (Phi) is 6.53. The van der Waals surface area contributed by atoms with Crippen LogP contribution in [0.1, 0.15) is 13.3 Å². The highest BCUT2D eigenvalue weighted by Gasteiger charge is 2.03. The van der Waals surface area contributed by atoms with Gasteiger partial charge in [-0.2, -0.15) is 0 Å². The molecular formula is C9H12O2. The molecule has 0 atom stereocenters. The molecule has 0 unspecified atom stereocenters. The first-order valence-corrected chi connectivity index (χ1v) is 3.45. The molecule has 60 valence electrons. The monoisotopic (exact) mass is 152 g/mol.